The van der Waals surface area contributed by atoms with Crippen LogP contribution in [0, 0.1) is 10.1 Å². The van der Waals surface area contributed by atoms with Crippen molar-refractivity contribution in [2.24, 2.45) is 35.8 Å². The number of carbonyl (C=O) groups is 2. The fraction of sp³-hybridized carbons (Fsp3) is 0.0606. The summed E-state index contributed by atoms with van der Waals surface area (Å²) in [6.45, 7) is 1.40. The van der Waals surface area contributed by atoms with Crippen LogP contribution in [-0.4, -0.2) is 88.0 Å². The van der Waals surface area contributed by atoms with Crippen molar-refractivity contribution in [1.29, 1.82) is 0 Å². The van der Waals surface area contributed by atoms with Gasteiger partial charge in [0, 0.05) is 6.07 Å². The summed E-state index contributed by atoms with van der Waals surface area (Å²) >= 11 is 0.124. The van der Waals surface area contributed by atoms with Gasteiger partial charge in [-0.05, 0) is 79.0 Å². The van der Waals surface area contributed by atoms with Gasteiger partial charge in [0.15, 0.2) is 17.5 Å². The van der Waals surface area contributed by atoms with Crippen molar-refractivity contribution in [2.45, 2.75) is 32.5 Å². The predicted molar refractivity (Wildman–Crippen MR) is 218 cm³/mol. The molecule has 0 fully saturated rings. The highest BCUT2D eigenvalue weighted by Gasteiger charge is 2.35. The molecule has 0 spiro atoms. The highest BCUT2D eigenvalue weighted by molar-refractivity contribution is 7.94. The van der Waals surface area contributed by atoms with Gasteiger partial charge in [0.05, 0.1) is 54.9 Å². The molecule has 1 atom stereocenters. The Kier molecular flexibility index (Phi) is 13.1. The lowest BCUT2D eigenvalue weighted by atomic mass is 10.1. The molecule has 0 bridgehead atoms. The summed E-state index contributed by atoms with van der Waals surface area (Å²) in [5.41, 5.74) is -4.59. The van der Waals surface area contributed by atoms with Crippen LogP contribution in [-0.2, 0) is 44.5 Å². The summed E-state index contributed by atoms with van der Waals surface area (Å²) in [5, 5.41) is 82.1. The molecule has 1 heterocycles. The number of amides is 1. The van der Waals surface area contributed by atoms with Crippen LogP contribution in [0.3, 0.4) is 0 Å². The van der Waals surface area contributed by atoms with Crippen LogP contribution in [0.4, 0.5) is 39.8 Å². The standard InChI is InChI=1S/C33H23N9O19S4/c1-14-27(32(45)41(40-14)18-4-6-19(7-5-18)63(51,52)53)37-35-17-2-8-21(24(13-17)64(54,55)56)36-39-29-25(65(57,58)59)11-15-10-23(62-61-60-50)28(30(43)26(15)31(29)44)38-34-16-3-9-22(42(48)49)20(12-16)33(46)47/h2-13,27,43-44,50H,1H3,(H,46,47)(H,51,52,53)(H,54,55,56)(H,57,58,59). The molecule has 5 aromatic carbocycles. The smallest absolute Gasteiger partial charge is 0.342 e. The number of anilines is 1. The Morgan fingerprint density at radius 2 is 1.42 bits per heavy atom. The molecule has 32 heteroatoms. The van der Waals surface area contributed by atoms with Crippen LogP contribution in [0.1, 0.15) is 17.3 Å². The van der Waals surface area contributed by atoms with Gasteiger partial charge < -0.3 is 15.3 Å². The molecule has 6 rings (SSSR count). The number of phenols is 2. The molecule has 0 aromatic heterocycles. The highest BCUT2D eigenvalue weighted by Crippen LogP contribution is 2.51. The number of hydrogen-bond donors (Lipinski definition) is 7. The fourth-order valence-electron chi connectivity index (χ4n) is 5.71. The van der Waals surface area contributed by atoms with Gasteiger partial charge in [0.2, 0.25) is 0 Å². The van der Waals surface area contributed by atoms with E-state index in [2.05, 4.69) is 45.2 Å². The Morgan fingerprint density at radius 1 is 0.800 bits per heavy atom. The molecular formula is C33H23N9O19S4. The first-order valence-electron chi connectivity index (χ1n) is 16.9. The van der Waals surface area contributed by atoms with Crippen molar-refractivity contribution < 1.29 is 83.4 Å². The van der Waals surface area contributed by atoms with Gasteiger partial charge in [0.1, 0.15) is 32.4 Å². The van der Waals surface area contributed by atoms with E-state index in [0.29, 0.717) is 12.1 Å². The number of aromatic carboxylic acids is 1. The molecule has 1 amide bonds. The molecule has 0 saturated heterocycles. The van der Waals surface area contributed by atoms with Gasteiger partial charge in [-0.3, -0.25) is 28.6 Å². The molecule has 65 heavy (non-hydrogen) atoms. The first-order chi connectivity index (χ1) is 30.4. The largest absolute Gasteiger partial charge is 0.505 e. The van der Waals surface area contributed by atoms with Crippen molar-refractivity contribution in [3.05, 3.63) is 88.5 Å². The van der Waals surface area contributed by atoms with Crippen molar-refractivity contribution in [3.8, 4) is 11.5 Å². The average Bonchev–Trinajstić information content (AvgIpc) is 3.51. The lowest BCUT2D eigenvalue weighted by molar-refractivity contribution is -0.432. The maximum absolute atomic E-state index is 13.1. The molecule has 1 aliphatic rings. The van der Waals surface area contributed by atoms with Gasteiger partial charge in [-0.2, -0.15) is 50.7 Å². The second-order valence-corrected chi connectivity index (χ2v) is 17.7. The molecule has 28 nitrogen and oxygen atoms in total. The number of benzene rings is 5. The van der Waals surface area contributed by atoms with E-state index in [0.717, 1.165) is 53.5 Å². The van der Waals surface area contributed by atoms with Crippen LogP contribution in [0.15, 0.2) is 128 Å². The van der Waals surface area contributed by atoms with Crippen molar-refractivity contribution in [3.63, 3.8) is 0 Å². The van der Waals surface area contributed by atoms with Crippen LogP contribution in [0.5, 0.6) is 11.5 Å². The molecule has 7 N–H and O–H groups in total. The molecule has 5 aromatic rings. The van der Waals surface area contributed by atoms with Gasteiger partial charge in [-0.15, -0.1) is 19.7 Å². The number of aromatic hydroxyl groups is 2. The zero-order chi connectivity index (χ0) is 47.8. The summed E-state index contributed by atoms with van der Waals surface area (Å²) < 4.78 is 107. The van der Waals surface area contributed by atoms with Crippen molar-refractivity contribution >= 4 is 111 Å². The van der Waals surface area contributed by atoms with Crippen LogP contribution >= 0.6 is 12.0 Å². The Bertz CT molecular complexity index is 3310. The van der Waals surface area contributed by atoms with E-state index in [1.807, 2.05) is 0 Å². The molecule has 0 radical (unpaired) electrons. The second kappa shape index (κ2) is 18.1. The third kappa shape index (κ3) is 10.1. The number of phenolic OH excluding ortho intramolecular Hbond substituents is 2. The molecule has 0 saturated carbocycles. The number of carboxylic acids is 1. The van der Waals surface area contributed by atoms with E-state index in [1.54, 1.807) is 0 Å². The van der Waals surface area contributed by atoms with Crippen molar-refractivity contribution in [2.75, 3.05) is 5.01 Å². The number of nitro groups is 1. The quantitative estimate of drug-likeness (QED) is 0.0143. The number of nitro benzene ring substituents is 1. The Hall–Kier alpha value is -7.27. The monoisotopic (exact) mass is 977 g/mol. The Balaban J connectivity index is 1.39. The fourth-order valence-corrected chi connectivity index (χ4v) is 7.98. The number of hydrazone groups is 1. The molecule has 1 aliphatic heterocycles. The van der Waals surface area contributed by atoms with Crippen molar-refractivity contribution in [1.82, 2.24) is 0 Å². The minimum atomic E-state index is -5.38. The lowest BCUT2D eigenvalue weighted by Gasteiger charge is -2.13. The summed E-state index contributed by atoms with van der Waals surface area (Å²) in [7, 11) is -15.2. The zero-order valence-electron chi connectivity index (χ0n) is 31.7. The van der Waals surface area contributed by atoms with E-state index in [-0.39, 0.29) is 39.7 Å². The summed E-state index contributed by atoms with van der Waals surface area (Å²) in [5.74, 6) is -4.80. The third-order valence-corrected chi connectivity index (χ3v) is 11.8. The second-order valence-electron chi connectivity index (χ2n) is 12.7. The van der Waals surface area contributed by atoms with E-state index in [1.165, 1.54) is 19.1 Å². The van der Waals surface area contributed by atoms with E-state index in [9.17, 15) is 73.9 Å². The maximum Gasteiger partial charge on any atom is 0.342 e. The number of azo groups is 3. The number of carbonyl (C=O) groups excluding carboxylic acids is 1. The highest BCUT2D eigenvalue weighted by atomic mass is 32.2. The van der Waals surface area contributed by atoms with E-state index >= 15 is 0 Å². The maximum atomic E-state index is 13.1. The first kappa shape index (κ1) is 47.2. The van der Waals surface area contributed by atoms with Gasteiger partial charge in [-0.1, -0.05) is 5.04 Å². The van der Waals surface area contributed by atoms with Gasteiger partial charge >= 0.3 is 5.97 Å². The molecule has 1 unspecified atom stereocenters. The zero-order valence-corrected chi connectivity index (χ0v) is 35.0. The minimum absolute atomic E-state index is 0.0856. The van der Waals surface area contributed by atoms with E-state index in [4.69, 9.17) is 5.26 Å². The summed E-state index contributed by atoms with van der Waals surface area (Å²) in [6, 6.07) is 9.81. The molecular weight excluding hydrogens is 955 g/mol. The number of rotatable bonds is 15. The number of nitrogens with zero attached hydrogens (tertiary/aromatic N) is 9. The van der Waals surface area contributed by atoms with Gasteiger partial charge in [-0.25, -0.2) is 10.1 Å². The van der Waals surface area contributed by atoms with Crippen LogP contribution in [0.25, 0.3) is 10.8 Å². The van der Waals surface area contributed by atoms with Crippen LogP contribution in [0.2, 0.25) is 0 Å². The summed E-state index contributed by atoms with van der Waals surface area (Å²) in [6.07, 6.45) is 0. The van der Waals surface area contributed by atoms with E-state index < -0.39 is 118 Å². The third-order valence-electron chi connectivity index (χ3n) is 8.60. The summed E-state index contributed by atoms with van der Waals surface area (Å²) in [4.78, 5) is 32.0. The minimum Gasteiger partial charge on any atom is -0.505 e. The Morgan fingerprint density at radius 3 is 2.02 bits per heavy atom. The average molecular weight is 978 g/mol. The van der Waals surface area contributed by atoms with Crippen LogP contribution < -0.4 is 5.01 Å². The lowest BCUT2D eigenvalue weighted by Crippen LogP contribution is -2.29. The SMILES string of the molecule is CC1=NN(c2ccc(S(=O)(=O)O)cc2)C(=O)C1N=Nc1ccc(N=Nc2c(S(=O)(=O)O)cc3cc(SOOO)c(N=Nc4ccc([N+](=O)[O-])c(C(=O)O)c4)c(O)c3c2O)c(S(=O)(=O)O)c1. The van der Waals surface area contributed by atoms with Gasteiger partial charge in [0.25, 0.3) is 41.9 Å². The topological polar surface area (TPSA) is 430 Å². The first-order valence-corrected chi connectivity index (χ1v) is 22.0. The Labute approximate surface area is 366 Å². The molecule has 0 aliphatic carbocycles. The number of fused-ring (bicyclic) bond motifs is 1. The number of carboxylic acid groups (broad SMARTS) is 1. The predicted octanol–water partition coefficient (Wildman–Crippen LogP) is 6.73. The number of hydrogen-bond acceptors (Lipinski definition) is 23. The molecule has 338 valence electrons. The normalized spacial score (nSPS) is 14.9.